The van der Waals surface area contributed by atoms with Gasteiger partial charge in [0.1, 0.15) is 5.60 Å². The first-order valence-electron chi connectivity index (χ1n) is 7.73. The molecule has 2 rings (SSSR count). The Kier molecular flexibility index (Phi) is 5.12. The quantitative estimate of drug-likeness (QED) is 0.843. The summed E-state index contributed by atoms with van der Waals surface area (Å²) >= 11 is 1.62. The second kappa shape index (κ2) is 6.54. The van der Waals surface area contributed by atoms with Crippen molar-refractivity contribution in [3.63, 3.8) is 0 Å². The third-order valence-electron chi connectivity index (χ3n) is 3.91. The molecule has 1 aromatic rings. The summed E-state index contributed by atoms with van der Waals surface area (Å²) in [5.74, 6) is 0.441. The van der Waals surface area contributed by atoms with Gasteiger partial charge in [-0.2, -0.15) is 0 Å². The number of hydrogen-bond donors (Lipinski definition) is 2. The number of aromatic nitrogens is 1. The maximum atomic E-state index is 11.9. The molecule has 0 aliphatic heterocycles. The molecule has 1 amide bonds. The smallest absolute Gasteiger partial charge is 0.407 e. The van der Waals surface area contributed by atoms with Crippen molar-refractivity contribution < 1.29 is 14.6 Å². The average molecular weight is 326 g/mol. The zero-order valence-corrected chi connectivity index (χ0v) is 14.6. The lowest BCUT2D eigenvalue weighted by Crippen LogP contribution is -2.44. The molecule has 22 heavy (non-hydrogen) atoms. The first kappa shape index (κ1) is 17.2. The molecule has 0 aromatic carbocycles. The Morgan fingerprint density at radius 3 is 2.64 bits per heavy atom. The zero-order chi connectivity index (χ0) is 16.4. The molecule has 0 radical (unpaired) electrons. The van der Waals surface area contributed by atoms with Crippen LogP contribution >= 0.6 is 11.3 Å². The van der Waals surface area contributed by atoms with E-state index in [0.29, 0.717) is 18.9 Å². The van der Waals surface area contributed by atoms with Crippen molar-refractivity contribution in [3.05, 3.63) is 16.1 Å². The maximum absolute atomic E-state index is 11.9. The van der Waals surface area contributed by atoms with Crippen LogP contribution in [-0.2, 0) is 11.2 Å². The number of rotatable bonds is 6. The molecule has 1 aliphatic carbocycles. The Balaban J connectivity index is 2.01. The van der Waals surface area contributed by atoms with Gasteiger partial charge in [-0.15, -0.1) is 11.3 Å². The van der Waals surface area contributed by atoms with Crippen LogP contribution in [0.4, 0.5) is 4.79 Å². The molecule has 124 valence electrons. The van der Waals surface area contributed by atoms with Gasteiger partial charge >= 0.3 is 6.09 Å². The third-order valence-corrected chi connectivity index (χ3v) is 4.88. The molecule has 1 unspecified atom stereocenters. The van der Waals surface area contributed by atoms with Gasteiger partial charge in [-0.25, -0.2) is 9.78 Å². The Hall–Kier alpha value is -1.14. The average Bonchev–Trinajstić information content (AvgIpc) is 3.17. The van der Waals surface area contributed by atoms with Crippen LogP contribution in [0.3, 0.4) is 0 Å². The molecule has 1 saturated carbocycles. The van der Waals surface area contributed by atoms with E-state index in [-0.39, 0.29) is 12.0 Å². The lowest BCUT2D eigenvalue weighted by Gasteiger charge is -2.32. The van der Waals surface area contributed by atoms with Crippen LogP contribution in [0.15, 0.2) is 5.38 Å². The van der Waals surface area contributed by atoms with Gasteiger partial charge in [-0.05, 0) is 46.5 Å². The first-order chi connectivity index (χ1) is 10.2. The number of amides is 1. The van der Waals surface area contributed by atoms with Crippen LogP contribution in [-0.4, -0.2) is 34.9 Å². The van der Waals surface area contributed by atoms with Gasteiger partial charge < -0.3 is 15.2 Å². The SMILES string of the molecule is Cc1csc(CC(CO)(CNC(=O)OC(C)(C)C)C2CC2)n1. The third kappa shape index (κ3) is 4.68. The van der Waals surface area contributed by atoms with Crippen molar-refractivity contribution in [1.29, 1.82) is 0 Å². The van der Waals surface area contributed by atoms with Gasteiger partial charge in [0.2, 0.25) is 0 Å². The molecule has 1 atom stereocenters. The van der Waals surface area contributed by atoms with Crippen LogP contribution in [0.5, 0.6) is 0 Å². The van der Waals surface area contributed by atoms with E-state index in [4.69, 9.17) is 4.74 Å². The number of hydrogen-bond acceptors (Lipinski definition) is 5. The monoisotopic (exact) mass is 326 g/mol. The van der Waals surface area contributed by atoms with Gasteiger partial charge in [0.05, 0.1) is 11.6 Å². The topological polar surface area (TPSA) is 71.5 Å². The molecular formula is C16H26N2O3S. The van der Waals surface area contributed by atoms with Gasteiger partial charge in [0.15, 0.2) is 0 Å². The van der Waals surface area contributed by atoms with E-state index in [1.165, 1.54) is 0 Å². The second-order valence-corrected chi connectivity index (χ2v) is 8.15. The predicted octanol–water partition coefficient (Wildman–Crippen LogP) is 2.91. The number of aliphatic hydroxyl groups is 1. The molecule has 0 spiro atoms. The van der Waals surface area contributed by atoms with Crippen molar-refractivity contribution in [2.75, 3.05) is 13.2 Å². The number of alkyl carbamates (subject to hydrolysis) is 1. The molecular weight excluding hydrogens is 300 g/mol. The van der Waals surface area contributed by atoms with Crippen LogP contribution < -0.4 is 5.32 Å². The van der Waals surface area contributed by atoms with Crippen LogP contribution in [0.25, 0.3) is 0 Å². The number of carbonyl (C=O) groups is 1. The highest BCUT2D eigenvalue weighted by molar-refractivity contribution is 7.09. The van der Waals surface area contributed by atoms with Crippen molar-refractivity contribution in [2.24, 2.45) is 11.3 Å². The number of nitrogens with zero attached hydrogens (tertiary/aromatic N) is 1. The van der Waals surface area contributed by atoms with E-state index in [1.807, 2.05) is 33.1 Å². The highest BCUT2D eigenvalue weighted by Gasteiger charge is 2.45. The van der Waals surface area contributed by atoms with Crippen molar-refractivity contribution >= 4 is 17.4 Å². The Morgan fingerprint density at radius 1 is 1.50 bits per heavy atom. The molecule has 2 N–H and O–H groups in total. The molecule has 5 nitrogen and oxygen atoms in total. The van der Waals surface area contributed by atoms with Crippen LogP contribution in [0.2, 0.25) is 0 Å². The zero-order valence-electron chi connectivity index (χ0n) is 13.8. The van der Waals surface area contributed by atoms with Gasteiger partial charge in [-0.3, -0.25) is 0 Å². The summed E-state index contributed by atoms with van der Waals surface area (Å²) in [4.78, 5) is 16.4. The largest absolute Gasteiger partial charge is 0.444 e. The standard InChI is InChI=1S/C16H26N2O3S/c1-11-8-22-13(18-11)7-16(10-19,12-5-6-12)9-17-14(20)21-15(2,3)4/h8,12,19H,5-7,9-10H2,1-4H3,(H,17,20). The summed E-state index contributed by atoms with van der Waals surface area (Å²) in [7, 11) is 0. The maximum Gasteiger partial charge on any atom is 0.407 e. The lowest BCUT2D eigenvalue weighted by molar-refractivity contribution is 0.0439. The summed E-state index contributed by atoms with van der Waals surface area (Å²) < 4.78 is 5.29. The number of aryl methyl sites for hydroxylation is 1. The number of carbonyl (C=O) groups excluding carboxylic acids is 1. The fourth-order valence-electron chi connectivity index (χ4n) is 2.64. The predicted molar refractivity (Wildman–Crippen MR) is 87.0 cm³/mol. The number of ether oxygens (including phenoxy) is 1. The Bertz CT molecular complexity index is 520. The summed E-state index contributed by atoms with van der Waals surface area (Å²) in [6.45, 7) is 7.95. The van der Waals surface area contributed by atoms with Crippen LogP contribution in [0.1, 0.15) is 44.3 Å². The summed E-state index contributed by atoms with van der Waals surface area (Å²) in [5, 5.41) is 15.9. The molecule has 0 bridgehead atoms. The molecule has 1 heterocycles. The van der Waals surface area contributed by atoms with E-state index in [2.05, 4.69) is 10.3 Å². The van der Waals surface area contributed by atoms with E-state index in [9.17, 15) is 9.90 Å². The van der Waals surface area contributed by atoms with Crippen molar-refractivity contribution in [2.45, 2.75) is 52.6 Å². The Morgan fingerprint density at radius 2 is 2.18 bits per heavy atom. The van der Waals surface area contributed by atoms with Crippen LogP contribution in [0, 0.1) is 18.3 Å². The van der Waals surface area contributed by atoms with E-state index >= 15 is 0 Å². The van der Waals surface area contributed by atoms with Gasteiger partial charge in [0, 0.05) is 29.5 Å². The van der Waals surface area contributed by atoms with E-state index in [1.54, 1.807) is 11.3 Å². The Labute approximate surface area is 136 Å². The molecule has 1 aromatic heterocycles. The van der Waals surface area contributed by atoms with Crippen molar-refractivity contribution in [1.82, 2.24) is 10.3 Å². The minimum absolute atomic E-state index is 0.0477. The van der Waals surface area contributed by atoms with E-state index in [0.717, 1.165) is 23.5 Å². The summed E-state index contributed by atoms with van der Waals surface area (Å²) in [5.41, 5.74) is 0.154. The van der Waals surface area contributed by atoms with Gasteiger partial charge in [0.25, 0.3) is 0 Å². The molecule has 1 fully saturated rings. The molecule has 1 aliphatic rings. The summed E-state index contributed by atoms with van der Waals surface area (Å²) in [6, 6.07) is 0. The highest BCUT2D eigenvalue weighted by Crippen LogP contribution is 2.47. The minimum atomic E-state index is -0.516. The number of thiazole rings is 1. The molecule has 6 heteroatoms. The number of nitrogens with one attached hydrogen (secondary N) is 1. The second-order valence-electron chi connectivity index (χ2n) is 7.21. The fraction of sp³-hybridized carbons (Fsp3) is 0.750. The van der Waals surface area contributed by atoms with Gasteiger partial charge in [-0.1, -0.05) is 0 Å². The van der Waals surface area contributed by atoms with E-state index < -0.39 is 11.7 Å². The normalized spacial score (nSPS) is 17.9. The highest BCUT2D eigenvalue weighted by atomic mass is 32.1. The fourth-order valence-corrected chi connectivity index (χ4v) is 3.56. The first-order valence-corrected chi connectivity index (χ1v) is 8.61. The summed E-state index contributed by atoms with van der Waals surface area (Å²) in [6.07, 6.45) is 2.46. The molecule has 0 saturated heterocycles. The van der Waals surface area contributed by atoms with Crippen molar-refractivity contribution in [3.8, 4) is 0 Å². The minimum Gasteiger partial charge on any atom is -0.444 e. The number of aliphatic hydroxyl groups excluding tert-OH is 1. The lowest BCUT2D eigenvalue weighted by atomic mass is 9.80.